The molecule has 1 aromatic heterocycles. The topological polar surface area (TPSA) is 83.0 Å². The Morgan fingerprint density at radius 2 is 1.94 bits per heavy atom. The van der Waals surface area contributed by atoms with Gasteiger partial charge in [0.25, 0.3) is 0 Å². The minimum atomic E-state index is -0.229. The van der Waals surface area contributed by atoms with Crippen LogP contribution in [0.25, 0.3) is 0 Å². The van der Waals surface area contributed by atoms with E-state index in [1.54, 1.807) is 7.05 Å². The number of aromatic nitrogens is 3. The van der Waals surface area contributed by atoms with Crippen molar-refractivity contribution in [2.75, 3.05) is 24.2 Å². The van der Waals surface area contributed by atoms with Gasteiger partial charge in [-0.1, -0.05) is 12.8 Å². The normalized spacial score (nSPS) is 23.7. The maximum absolute atomic E-state index is 9.87. The summed E-state index contributed by atoms with van der Waals surface area (Å²) in [6.45, 7) is 0.657. The first-order valence-electron chi connectivity index (χ1n) is 6.20. The Kier molecular flexibility index (Phi) is 4.54. The molecule has 0 amide bonds. The molecule has 6 nitrogen and oxygen atoms in total. The fraction of sp³-hybridized carbons (Fsp3) is 0.727. The highest BCUT2D eigenvalue weighted by Gasteiger charge is 2.22. The SMILES string of the molecule is CNc1nc(Cl)nc(NCC2CCCCC2O)n1. The quantitative estimate of drug-likeness (QED) is 0.770. The molecule has 1 aromatic rings. The molecule has 0 saturated heterocycles. The molecule has 0 spiro atoms. The maximum atomic E-state index is 9.87. The van der Waals surface area contributed by atoms with Gasteiger partial charge < -0.3 is 15.7 Å². The van der Waals surface area contributed by atoms with Crippen LogP contribution in [0.1, 0.15) is 25.7 Å². The number of nitrogens with zero attached hydrogens (tertiary/aromatic N) is 3. The van der Waals surface area contributed by atoms with E-state index in [2.05, 4.69) is 25.6 Å². The molecule has 1 fully saturated rings. The van der Waals surface area contributed by atoms with Crippen LogP contribution in [0.3, 0.4) is 0 Å². The van der Waals surface area contributed by atoms with Crippen molar-refractivity contribution in [3.8, 4) is 0 Å². The number of aliphatic hydroxyl groups is 1. The van der Waals surface area contributed by atoms with Gasteiger partial charge in [0.15, 0.2) is 0 Å². The van der Waals surface area contributed by atoms with E-state index < -0.39 is 0 Å². The van der Waals surface area contributed by atoms with Crippen LogP contribution in [-0.4, -0.2) is 39.8 Å². The van der Waals surface area contributed by atoms with Gasteiger partial charge in [-0.25, -0.2) is 0 Å². The van der Waals surface area contributed by atoms with Crippen LogP contribution in [0.4, 0.5) is 11.9 Å². The Morgan fingerprint density at radius 1 is 1.22 bits per heavy atom. The summed E-state index contributed by atoms with van der Waals surface area (Å²) in [7, 11) is 1.72. The summed E-state index contributed by atoms with van der Waals surface area (Å²) in [5, 5.41) is 16.0. The van der Waals surface area contributed by atoms with Crippen LogP contribution < -0.4 is 10.6 Å². The third kappa shape index (κ3) is 3.43. The average molecular weight is 272 g/mol. The van der Waals surface area contributed by atoms with Crippen molar-refractivity contribution in [2.45, 2.75) is 31.8 Å². The fourth-order valence-corrected chi connectivity index (χ4v) is 2.35. The summed E-state index contributed by atoms with van der Waals surface area (Å²) in [4.78, 5) is 12.1. The molecule has 2 unspecified atom stereocenters. The number of nitrogens with one attached hydrogen (secondary N) is 2. The van der Waals surface area contributed by atoms with Crippen LogP contribution in [0.5, 0.6) is 0 Å². The van der Waals surface area contributed by atoms with Crippen molar-refractivity contribution in [1.29, 1.82) is 0 Å². The molecule has 100 valence electrons. The number of anilines is 2. The number of hydrogen-bond acceptors (Lipinski definition) is 6. The maximum Gasteiger partial charge on any atom is 0.228 e. The second kappa shape index (κ2) is 6.15. The molecule has 1 aliphatic rings. The lowest BCUT2D eigenvalue weighted by Gasteiger charge is -2.27. The second-order valence-electron chi connectivity index (χ2n) is 4.49. The Morgan fingerprint density at radius 3 is 2.67 bits per heavy atom. The Bertz CT molecular complexity index is 403. The van der Waals surface area contributed by atoms with E-state index in [4.69, 9.17) is 11.6 Å². The summed E-state index contributed by atoms with van der Waals surface area (Å²) in [6.07, 6.45) is 3.97. The fourth-order valence-electron chi connectivity index (χ4n) is 2.19. The summed E-state index contributed by atoms with van der Waals surface area (Å²) in [6, 6.07) is 0. The molecule has 0 radical (unpaired) electrons. The van der Waals surface area contributed by atoms with Gasteiger partial charge in [-0.15, -0.1) is 0 Å². The zero-order chi connectivity index (χ0) is 13.0. The molecule has 0 aromatic carbocycles. The van der Waals surface area contributed by atoms with E-state index >= 15 is 0 Å². The number of hydrogen-bond donors (Lipinski definition) is 3. The van der Waals surface area contributed by atoms with Gasteiger partial charge in [-0.2, -0.15) is 15.0 Å². The van der Waals surface area contributed by atoms with E-state index in [1.165, 1.54) is 6.42 Å². The standard InChI is InChI=1S/C11H18ClN5O/c1-13-10-15-9(12)16-11(17-10)14-6-7-4-2-3-5-8(7)18/h7-8,18H,2-6H2,1H3,(H2,13,14,15,16,17). The molecule has 0 aliphatic heterocycles. The highest BCUT2D eigenvalue weighted by molar-refractivity contribution is 6.28. The molecule has 3 N–H and O–H groups in total. The number of halogens is 1. The first kappa shape index (κ1) is 13.3. The lowest BCUT2D eigenvalue weighted by molar-refractivity contribution is 0.0762. The summed E-state index contributed by atoms with van der Waals surface area (Å²) in [5.41, 5.74) is 0. The van der Waals surface area contributed by atoms with Gasteiger partial charge in [0.1, 0.15) is 0 Å². The van der Waals surface area contributed by atoms with E-state index in [9.17, 15) is 5.11 Å². The van der Waals surface area contributed by atoms with Gasteiger partial charge in [0, 0.05) is 19.5 Å². The largest absolute Gasteiger partial charge is 0.393 e. The van der Waals surface area contributed by atoms with E-state index in [1.807, 2.05) is 0 Å². The Balaban J connectivity index is 1.94. The highest BCUT2D eigenvalue weighted by Crippen LogP contribution is 2.24. The molecule has 1 aliphatic carbocycles. The highest BCUT2D eigenvalue weighted by atomic mass is 35.5. The Labute approximate surface area is 111 Å². The van der Waals surface area contributed by atoms with Crippen LogP contribution >= 0.6 is 11.6 Å². The minimum Gasteiger partial charge on any atom is -0.393 e. The average Bonchev–Trinajstić information content (AvgIpc) is 2.37. The van der Waals surface area contributed by atoms with Gasteiger partial charge in [0.05, 0.1) is 6.10 Å². The van der Waals surface area contributed by atoms with Crippen LogP contribution in [0.15, 0.2) is 0 Å². The van der Waals surface area contributed by atoms with Crippen molar-refractivity contribution in [3.63, 3.8) is 0 Å². The second-order valence-corrected chi connectivity index (χ2v) is 4.83. The third-order valence-corrected chi connectivity index (χ3v) is 3.39. The molecule has 7 heteroatoms. The Hall–Kier alpha value is -1.14. The summed E-state index contributed by atoms with van der Waals surface area (Å²) >= 11 is 5.79. The predicted molar refractivity (Wildman–Crippen MR) is 70.8 cm³/mol. The van der Waals surface area contributed by atoms with Crippen LogP contribution in [0.2, 0.25) is 5.28 Å². The van der Waals surface area contributed by atoms with Crippen molar-refractivity contribution in [2.24, 2.45) is 5.92 Å². The number of aliphatic hydroxyl groups excluding tert-OH is 1. The van der Waals surface area contributed by atoms with E-state index in [0.29, 0.717) is 18.4 Å². The summed E-state index contributed by atoms with van der Waals surface area (Å²) in [5.74, 6) is 1.13. The predicted octanol–water partition coefficient (Wildman–Crippen LogP) is 1.53. The zero-order valence-electron chi connectivity index (χ0n) is 10.4. The molecule has 2 atom stereocenters. The van der Waals surface area contributed by atoms with E-state index in [-0.39, 0.29) is 17.3 Å². The zero-order valence-corrected chi connectivity index (χ0v) is 11.1. The minimum absolute atomic E-state index is 0.154. The van der Waals surface area contributed by atoms with Crippen LogP contribution in [-0.2, 0) is 0 Å². The monoisotopic (exact) mass is 271 g/mol. The lowest BCUT2D eigenvalue weighted by Crippen LogP contribution is -2.30. The van der Waals surface area contributed by atoms with E-state index in [0.717, 1.165) is 19.3 Å². The lowest BCUT2D eigenvalue weighted by atomic mass is 9.86. The van der Waals surface area contributed by atoms with Crippen molar-refractivity contribution in [3.05, 3.63) is 5.28 Å². The molecular weight excluding hydrogens is 254 g/mol. The molecule has 18 heavy (non-hydrogen) atoms. The van der Waals surface area contributed by atoms with Gasteiger partial charge in [-0.05, 0) is 24.4 Å². The van der Waals surface area contributed by atoms with Gasteiger partial charge in [0.2, 0.25) is 17.2 Å². The first-order valence-corrected chi connectivity index (χ1v) is 6.58. The smallest absolute Gasteiger partial charge is 0.228 e. The van der Waals surface area contributed by atoms with Crippen molar-refractivity contribution < 1.29 is 5.11 Å². The van der Waals surface area contributed by atoms with Crippen molar-refractivity contribution >= 4 is 23.5 Å². The van der Waals surface area contributed by atoms with Gasteiger partial charge >= 0.3 is 0 Å². The molecule has 0 bridgehead atoms. The van der Waals surface area contributed by atoms with Crippen molar-refractivity contribution in [1.82, 2.24) is 15.0 Å². The molecule has 2 rings (SSSR count). The van der Waals surface area contributed by atoms with Crippen LogP contribution in [0, 0.1) is 5.92 Å². The third-order valence-electron chi connectivity index (χ3n) is 3.22. The van der Waals surface area contributed by atoms with Gasteiger partial charge in [-0.3, -0.25) is 0 Å². The number of rotatable bonds is 4. The first-order chi connectivity index (χ1) is 8.69. The summed E-state index contributed by atoms with van der Waals surface area (Å²) < 4.78 is 0. The molecular formula is C11H18ClN5O. The molecule has 1 heterocycles. The molecule has 1 saturated carbocycles.